The third kappa shape index (κ3) is 7.15. The monoisotopic (exact) mass is 511 g/mol. The maximum Gasteiger partial charge on any atom is 1.00 e. The molecule has 34 heavy (non-hydrogen) atoms. The first-order valence-corrected chi connectivity index (χ1v) is 12.3. The van der Waals surface area contributed by atoms with E-state index in [1.54, 1.807) is 43.3 Å². The van der Waals surface area contributed by atoms with Gasteiger partial charge in [0.25, 0.3) is 0 Å². The number of sulfone groups is 1. The van der Waals surface area contributed by atoms with Crippen molar-refractivity contribution in [2.45, 2.75) is 42.2 Å². The van der Waals surface area contributed by atoms with Gasteiger partial charge in [0.1, 0.15) is 0 Å². The van der Waals surface area contributed by atoms with E-state index in [-0.39, 0.29) is 52.4 Å². The Kier molecular flexibility index (Phi) is 10.3. The van der Waals surface area contributed by atoms with Crippen molar-refractivity contribution < 1.29 is 54.4 Å². The van der Waals surface area contributed by atoms with E-state index in [0.29, 0.717) is 23.6 Å². The number of carboxylic acids is 1. The van der Waals surface area contributed by atoms with Crippen LogP contribution in [-0.4, -0.2) is 37.2 Å². The maximum absolute atomic E-state index is 13.0. The molecule has 3 N–H and O–H groups in total. The maximum atomic E-state index is 13.0. The molecule has 0 radical (unpaired) electrons. The summed E-state index contributed by atoms with van der Waals surface area (Å²) in [7, 11) is -3.97. The third-order valence-electron chi connectivity index (χ3n) is 5.32. The third-order valence-corrected chi connectivity index (χ3v) is 7.39. The van der Waals surface area contributed by atoms with E-state index in [1.165, 1.54) is 24.3 Å². The SMILES string of the molecule is Cc1ccc(S(=O)(=O)c2ccc(C[C@@H](C)NC[C@@H](O)c3cccc(Cl)c3)cc2)c(C(=O)O)c1.[H-].[Na+]. The largest absolute Gasteiger partial charge is 1.00 e. The van der Waals surface area contributed by atoms with Crippen molar-refractivity contribution in [1.82, 2.24) is 5.32 Å². The molecule has 0 aromatic heterocycles. The van der Waals surface area contributed by atoms with Crippen LogP contribution >= 0.6 is 11.6 Å². The average molecular weight is 512 g/mol. The number of carbonyl (C=O) groups is 1. The molecular weight excluding hydrogens is 485 g/mol. The van der Waals surface area contributed by atoms with E-state index in [1.807, 2.05) is 13.0 Å². The van der Waals surface area contributed by atoms with Crippen molar-refractivity contribution >= 4 is 27.4 Å². The van der Waals surface area contributed by atoms with Gasteiger partial charge >= 0.3 is 35.5 Å². The molecule has 0 aliphatic heterocycles. The molecule has 6 nitrogen and oxygen atoms in total. The quantitative estimate of drug-likeness (QED) is 0.377. The molecule has 3 aromatic carbocycles. The Bertz CT molecular complexity index is 1250. The number of hydrogen-bond donors (Lipinski definition) is 3. The molecule has 3 rings (SSSR count). The van der Waals surface area contributed by atoms with Crippen molar-refractivity contribution in [3.63, 3.8) is 0 Å². The van der Waals surface area contributed by atoms with E-state index >= 15 is 0 Å². The van der Waals surface area contributed by atoms with E-state index < -0.39 is 21.9 Å². The molecule has 0 heterocycles. The molecule has 176 valence electrons. The summed E-state index contributed by atoms with van der Waals surface area (Å²) >= 11 is 5.97. The van der Waals surface area contributed by atoms with Crippen molar-refractivity contribution in [3.05, 3.63) is 94.0 Å². The summed E-state index contributed by atoms with van der Waals surface area (Å²) in [4.78, 5) is 11.4. The van der Waals surface area contributed by atoms with E-state index in [0.717, 1.165) is 11.1 Å². The first-order chi connectivity index (χ1) is 15.6. The zero-order valence-corrected chi connectivity index (χ0v) is 22.9. The second-order valence-electron chi connectivity index (χ2n) is 8.04. The van der Waals surface area contributed by atoms with Crippen LogP contribution < -0.4 is 34.9 Å². The van der Waals surface area contributed by atoms with E-state index in [4.69, 9.17) is 11.6 Å². The molecule has 0 amide bonds. The number of hydrogen-bond acceptors (Lipinski definition) is 5. The van der Waals surface area contributed by atoms with Crippen LogP contribution in [0, 0.1) is 6.92 Å². The van der Waals surface area contributed by atoms with Crippen molar-refractivity contribution in [2.24, 2.45) is 0 Å². The number of benzene rings is 3. The van der Waals surface area contributed by atoms with Crippen LogP contribution in [0.5, 0.6) is 0 Å². The van der Waals surface area contributed by atoms with Crippen LogP contribution in [0.15, 0.2) is 76.5 Å². The number of aryl methyl sites for hydroxylation is 1. The second-order valence-corrected chi connectivity index (χ2v) is 10.4. The molecule has 0 unspecified atom stereocenters. The Balaban J connectivity index is 0.00000306. The van der Waals surface area contributed by atoms with Gasteiger partial charge in [-0.2, -0.15) is 0 Å². The Hall–Kier alpha value is -1.71. The van der Waals surface area contributed by atoms with Gasteiger partial charge in [0.2, 0.25) is 9.84 Å². The zero-order valence-electron chi connectivity index (χ0n) is 20.3. The van der Waals surface area contributed by atoms with E-state index in [9.17, 15) is 23.4 Å². The molecule has 0 saturated carbocycles. The molecular formula is C25H27ClNNaO5S. The van der Waals surface area contributed by atoms with Gasteiger partial charge in [0.15, 0.2) is 0 Å². The number of aromatic carboxylic acids is 1. The van der Waals surface area contributed by atoms with Crippen LogP contribution in [0.2, 0.25) is 5.02 Å². The number of aliphatic hydroxyl groups excluding tert-OH is 1. The minimum atomic E-state index is -3.97. The van der Waals surface area contributed by atoms with Gasteiger partial charge in [-0.1, -0.05) is 47.5 Å². The van der Waals surface area contributed by atoms with Crippen molar-refractivity contribution in [3.8, 4) is 0 Å². The van der Waals surface area contributed by atoms with Gasteiger partial charge < -0.3 is 17.0 Å². The Morgan fingerprint density at radius 3 is 2.38 bits per heavy atom. The van der Waals surface area contributed by atoms with Gasteiger partial charge in [0, 0.05) is 17.6 Å². The molecule has 2 atom stereocenters. The normalized spacial score (nSPS) is 13.1. The zero-order chi connectivity index (χ0) is 24.2. The smallest absolute Gasteiger partial charge is 1.00 e. The average Bonchev–Trinajstić information content (AvgIpc) is 2.77. The van der Waals surface area contributed by atoms with Crippen LogP contribution in [0.25, 0.3) is 0 Å². The fourth-order valence-corrected chi connectivity index (χ4v) is 5.18. The van der Waals surface area contributed by atoms with Gasteiger partial charge in [-0.05, 0) is 67.8 Å². The fourth-order valence-electron chi connectivity index (χ4n) is 3.55. The summed E-state index contributed by atoms with van der Waals surface area (Å²) in [6.45, 7) is 4.03. The predicted octanol–water partition coefficient (Wildman–Crippen LogP) is 1.55. The molecule has 9 heteroatoms. The number of halogens is 1. The molecule has 0 bridgehead atoms. The van der Waals surface area contributed by atoms with Crippen molar-refractivity contribution in [1.29, 1.82) is 0 Å². The summed E-state index contributed by atoms with van der Waals surface area (Å²) in [5.41, 5.74) is 2.07. The van der Waals surface area contributed by atoms with Crippen LogP contribution in [0.4, 0.5) is 0 Å². The minimum absolute atomic E-state index is 0. The van der Waals surface area contributed by atoms with Crippen molar-refractivity contribution in [2.75, 3.05) is 6.54 Å². The Morgan fingerprint density at radius 1 is 1.09 bits per heavy atom. The van der Waals surface area contributed by atoms with E-state index in [2.05, 4.69) is 5.32 Å². The predicted molar refractivity (Wildman–Crippen MR) is 129 cm³/mol. The number of nitrogens with one attached hydrogen (secondary N) is 1. The van der Waals surface area contributed by atoms with Crippen LogP contribution in [0.3, 0.4) is 0 Å². The standard InChI is InChI=1S/C25H26ClNO5S.Na.H/c1-16-6-11-24(22(12-16)25(29)30)33(31,32)21-9-7-18(8-10-21)13-17(2)27-15-23(28)19-4-3-5-20(26)14-19;;/h3-12,14,17,23,27-28H,13,15H2,1-2H3,(H,29,30);;/q;+1;-1/t17-,23-;;/m1../s1. The molecule has 0 aliphatic carbocycles. The van der Waals surface area contributed by atoms with Crippen LogP contribution in [0.1, 0.15) is 41.5 Å². The summed E-state index contributed by atoms with van der Waals surface area (Å²) in [6.07, 6.45) is -0.0790. The number of aliphatic hydroxyl groups is 1. The first kappa shape index (κ1) is 28.5. The van der Waals surface area contributed by atoms with Gasteiger partial charge in [-0.25, -0.2) is 13.2 Å². The fraction of sp³-hybridized carbons (Fsp3) is 0.240. The topological polar surface area (TPSA) is 104 Å². The van der Waals surface area contributed by atoms with Gasteiger partial charge in [-0.3, -0.25) is 0 Å². The summed E-state index contributed by atoms with van der Waals surface area (Å²) < 4.78 is 26.1. The number of carboxylic acid groups (broad SMARTS) is 1. The number of rotatable bonds is 9. The molecule has 0 saturated heterocycles. The van der Waals surface area contributed by atoms with Gasteiger partial charge in [-0.15, -0.1) is 0 Å². The summed E-state index contributed by atoms with van der Waals surface area (Å²) in [5.74, 6) is -1.28. The molecule has 0 fully saturated rings. The Morgan fingerprint density at radius 2 is 1.76 bits per heavy atom. The molecule has 0 spiro atoms. The summed E-state index contributed by atoms with van der Waals surface area (Å²) in [6, 6.07) is 17.8. The Labute approximate surface area is 228 Å². The minimum Gasteiger partial charge on any atom is -1.00 e. The first-order valence-electron chi connectivity index (χ1n) is 10.4. The second kappa shape index (κ2) is 12.3. The van der Waals surface area contributed by atoms with Crippen LogP contribution in [-0.2, 0) is 16.3 Å². The van der Waals surface area contributed by atoms with Gasteiger partial charge in [0.05, 0.1) is 21.5 Å². The molecule has 3 aromatic rings. The molecule has 0 aliphatic rings. The summed E-state index contributed by atoms with van der Waals surface area (Å²) in [5, 5.41) is 23.6.